The van der Waals surface area contributed by atoms with E-state index in [1.54, 1.807) is 12.4 Å². The minimum atomic E-state index is 0.754. The molecule has 0 aliphatic rings. The highest BCUT2D eigenvalue weighted by Gasteiger charge is 1.94. The molecule has 2 aromatic rings. The van der Waals surface area contributed by atoms with E-state index in [1.807, 2.05) is 30.5 Å². The van der Waals surface area contributed by atoms with Gasteiger partial charge in [-0.15, -0.1) is 0 Å². The van der Waals surface area contributed by atoms with Crippen LogP contribution < -0.4 is 5.32 Å². The third kappa shape index (κ3) is 2.77. The number of nitrogens with one attached hydrogen (secondary N) is 1. The first kappa shape index (κ1) is 9.65. The molecule has 0 spiro atoms. The molecular weight excluding hydrogens is 186 g/mol. The molecule has 76 valence electrons. The van der Waals surface area contributed by atoms with Crippen LogP contribution in [0.15, 0.2) is 42.9 Å². The van der Waals surface area contributed by atoms with Crippen molar-refractivity contribution in [3.05, 3.63) is 54.0 Å². The average molecular weight is 199 g/mol. The van der Waals surface area contributed by atoms with Crippen molar-refractivity contribution in [3.63, 3.8) is 0 Å². The van der Waals surface area contributed by atoms with Crippen LogP contribution >= 0.6 is 0 Å². The van der Waals surface area contributed by atoms with Crippen LogP contribution in [0.5, 0.6) is 0 Å². The second-order valence-corrected chi connectivity index (χ2v) is 3.43. The zero-order valence-electron chi connectivity index (χ0n) is 8.64. The smallest absolute Gasteiger partial charge is 0.126 e. The maximum atomic E-state index is 4.22. The van der Waals surface area contributed by atoms with Crippen molar-refractivity contribution >= 4 is 5.82 Å². The first-order valence-corrected chi connectivity index (χ1v) is 4.90. The molecule has 15 heavy (non-hydrogen) atoms. The Hall–Kier alpha value is -1.90. The Bertz CT molecular complexity index is 426. The number of aryl methyl sites for hydroxylation is 1. The molecule has 0 fully saturated rings. The van der Waals surface area contributed by atoms with Gasteiger partial charge in [0, 0.05) is 25.1 Å². The number of anilines is 1. The minimum absolute atomic E-state index is 0.754. The van der Waals surface area contributed by atoms with E-state index in [9.17, 15) is 0 Å². The largest absolute Gasteiger partial charge is 0.366 e. The van der Waals surface area contributed by atoms with Gasteiger partial charge in [-0.1, -0.05) is 6.07 Å². The Morgan fingerprint density at radius 2 is 2.20 bits per heavy atom. The lowest BCUT2D eigenvalue weighted by molar-refractivity contribution is 1.08. The van der Waals surface area contributed by atoms with Gasteiger partial charge in [-0.2, -0.15) is 0 Å². The van der Waals surface area contributed by atoms with Gasteiger partial charge in [0.15, 0.2) is 0 Å². The molecule has 1 N–H and O–H groups in total. The molecule has 0 aliphatic heterocycles. The lowest BCUT2D eigenvalue weighted by atomic mass is 10.2. The lowest BCUT2D eigenvalue weighted by Gasteiger charge is -2.05. The third-order valence-corrected chi connectivity index (χ3v) is 2.11. The van der Waals surface area contributed by atoms with Crippen molar-refractivity contribution in [2.75, 3.05) is 5.32 Å². The van der Waals surface area contributed by atoms with Gasteiger partial charge >= 0.3 is 0 Å². The molecule has 0 saturated heterocycles. The quantitative estimate of drug-likeness (QED) is 0.824. The maximum absolute atomic E-state index is 4.22. The molecule has 2 heterocycles. The molecule has 3 heteroatoms. The van der Waals surface area contributed by atoms with Gasteiger partial charge in [-0.3, -0.25) is 4.98 Å². The van der Waals surface area contributed by atoms with Gasteiger partial charge in [0.1, 0.15) is 5.82 Å². The van der Waals surface area contributed by atoms with Crippen molar-refractivity contribution in [1.29, 1.82) is 0 Å². The highest BCUT2D eigenvalue weighted by Crippen LogP contribution is 2.07. The summed E-state index contributed by atoms with van der Waals surface area (Å²) < 4.78 is 0. The Morgan fingerprint density at radius 1 is 1.27 bits per heavy atom. The second-order valence-electron chi connectivity index (χ2n) is 3.43. The molecule has 0 aliphatic carbocycles. The van der Waals surface area contributed by atoms with Crippen LogP contribution in [0.2, 0.25) is 0 Å². The zero-order chi connectivity index (χ0) is 10.5. The molecular formula is C12H13N3. The van der Waals surface area contributed by atoms with E-state index >= 15 is 0 Å². The summed E-state index contributed by atoms with van der Waals surface area (Å²) in [5, 5.41) is 3.25. The minimum Gasteiger partial charge on any atom is -0.366 e. The number of aromatic nitrogens is 2. The van der Waals surface area contributed by atoms with Gasteiger partial charge in [0.2, 0.25) is 0 Å². The van der Waals surface area contributed by atoms with Gasteiger partial charge < -0.3 is 5.32 Å². The Balaban J connectivity index is 1.99. The van der Waals surface area contributed by atoms with Crippen LogP contribution in [-0.4, -0.2) is 9.97 Å². The van der Waals surface area contributed by atoms with Crippen molar-refractivity contribution in [3.8, 4) is 0 Å². The third-order valence-electron chi connectivity index (χ3n) is 2.11. The molecule has 0 radical (unpaired) electrons. The van der Waals surface area contributed by atoms with Crippen molar-refractivity contribution in [2.24, 2.45) is 0 Å². The number of hydrogen-bond acceptors (Lipinski definition) is 3. The predicted molar refractivity (Wildman–Crippen MR) is 60.5 cm³/mol. The summed E-state index contributed by atoms with van der Waals surface area (Å²) >= 11 is 0. The highest BCUT2D eigenvalue weighted by atomic mass is 15.0. The molecule has 0 aromatic carbocycles. The van der Waals surface area contributed by atoms with E-state index in [0.717, 1.165) is 17.9 Å². The Kier molecular flexibility index (Phi) is 2.93. The summed E-state index contributed by atoms with van der Waals surface area (Å²) in [4.78, 5) is 8.28. The van der Waals surface area contributed by atoms with Crippen LogP contribution in [0.3, 0.4) is 0 Å². The summed E-state index contributed by atoms with van der Waals surface area (Å²) in [7, 11) is 0. The summed E-state index contributed by atoms with van der Waals surface area (Å²) in [6.07, 6.45) is 5.43. The number of pyridine rings is 2. The zero-order valence-corrected chi connectivity index (χ0v) is 8.64. The van der Waals surface area contributed by atoms with Crippen LogP contribution in [0.1, 0.15) is 11.1 Å². The standard InChI is InChI=1S/C12H13N3/c1-10-4-6-14-12(7-10)15-9-11-3-2-5-13-8-11/h2-8H,9H2,1H3,(H,14,15). The molecule has 0 bridgehead atoms. The lowest BCUT2D eigenvalue weighted by Crippen LogP contribution is -2.01. The van der Waals surface area contributed by atoms with Crippen LogP contribution in [0.25, 0.3) is 0 Å². The van der Waals surface area contributed by atoms with E-state index in [1.165, 1.54) is 5.56 Å². The van der Waals surface area contributed by atoms with Gasteiger partial charge in [0.25, 0.3) is 0 Å². The number of hydrogen-bond donors (Lipinski definition) is 1. The summed E-state index contributed by atoms with van der Waals surface area (Å²) in [5.74, 6) is 0.902. The Labute approximate surface area is 89.2 Å². The number of nitrogens with zero attached hydrogens (tertiary/aromatic N) is 2. The fourth-order valence-corrected chi connectivity index (χ4v) is 1.33. The highest BCUT2D eigenvalue weighted by molar-refractivity contribution is 5.37. The number of rotatable bonds is 3. The van der Waals surface area contributed by atoms with Crippen LogP contribution in [0.4, 0.5) is 5.82 Å². The first-order chi connectivity index (χ1) is 7.34. The maximum Gasteiger partial charge on any atom is 0.126 e. The first-order valence-electron chi connectivity index (χ1n) is 4.90. The summed E-state index contributed by atoms with van der Waals surface area (Å²) in [6, 6.07) is 7.97. The fourth-order valence-electron chi connectivity index (χ4n) is 1.33. The van der Waals surface area contributed by atoms with Crippen molar-refractivity contribution in [1.82, 2.24) is 9.97 Å². The molecule has 0 amide bonds. The van der Waals surface area contributed by atoms with E-state index < -0.39 is 0 Å². The van der Waals surface area contributed by atoms with Crippen LogP contribution in [0, 0.1) is 6.92 Å². The molecule has 2 rings (SSSR count). The summed E-state index contributed by atoms with van der Waals surface area (Å²) in [5.41, 5.74) is 2.36. The summed E-state index contributed by atoms with van der Waals surface area (Å²) in [6.45, 7) is 2.81. The molecule has 0 atom stereocenters. The second kappa shape index (κ2) is 4.55. The fraction of sp³-hybridized carbons (Fsp3) is 0.167. The van der Waals surface area contributed by atoms with E-state index in [2.05, 4.69) is 22.2 Å². The van der Waals surface area contributed by atoms with Gasteiger partial charge in [-0.25, -0.2) is 4.98 Å². The molecule has 0 unspecified atom stereocenters. The van der Waals surface area contributed by atoms with Crippen molar-refractivity contribution < 1.29 is 0 Å². The monoisotopic (exact) mass is 199 g/mol. The SMILES string of the molecule is Cc1ccnc(NCc2cccnc2)c1. The van der Waals surface area contributed by atoms with Gasteiger partial charge in [0.05, 0.1) is 0 Å². The molecule has 3 nitrogen and oxygen atoms in total. The van der Waals surface area contributed by atoms with E-state index in [0.29, 0.717) is 0 Å². The van der Waals surface area contributed by atoms with Crippen molar-refractivity contribution in [2.45, 2.75) is 13.5 Å². The average Bonchev–Trinajstić information content (AvgIpc) is 2.28. The van der Waals surface area contributed by atoms with Gasteiger partial charge in [-0.05, 0) is 36.2 Å². The molecule has 2 aromatic heterocycles. The predicted octanol–water partition coefficient (Wildman–Crippen LogP) is 2.40. The van der Waals surface area contributed by atoms with Crippen LogP contribution in [-0.2, 0) is 6.54 Å². The topological polar surface area (TPSA) is 37.8 Å². The van der Waals surface area contributed by atoms with E-state index in [-0.39, 0.29) is 0 Å². The van der Waals surface area contributed by atoms with E-state index in [4.69, 9.17) is 0 Å². The molecule has 0 saturated carbocycles. The Morgan fingerprint density at radius 3 is 2.93 bits per heavy atom. The normalized spacial score (nSPS) is 9.93.